The number of anilines is 1. The second-order valence-corrected chi connectivity index (χ2v) is 11.5. The SMILES string of the molecule is Cc1ccc(NC(=O)[C@H]2CCCN(C(=O)c3c(C)cccc3F)[C@H]2c2ccc([N+](=O)C3CCCC3)cc2)cc1C(F)(F)F. The molecule has 1 saturated carbocycles. The number of halogens is 4. The summed E-state index contributed by atoms with van der Waals surface area (Å²) in [5.41, 5.74) is 0.568. The normalized spacial score (nSPS) is 19.3. The van der Waals surface area contributed by atoms with E-state index in [1.54, 1.807) is 37.3 Å². The van der Waals surface area contributed by atoms with Gasteiger partial charge in [-0.2, -0.15) is 13.2 Å². The molecule has 2 amide bonds. The summed E-state index contributed by atoms with van der Waals surface area (Å²) >= 11 is 0. The predicted molar refractivity (Wildman–Crippen MR) is 154 cm³/mol. The van der Waals surface area contributed by atoms with Crippen LogP contribution in [-0.4, -0.2) is 34.1 Å². The molecule has 3 aromatic carbocycles. The molecule has 0 bridgehead atoms. The molecule has 1 aliphatic heterocycles. The van der Waals surface area contributed by atoms with Gasteiger partial charge in [0.25, 0.3) is 11.6 Å². The van der Waals surface area contributed by atoms with Crippen LogP contribution in [0.2, 0.25) is 0 Å². The largest absolute Gasteiger partial charge is 0.416 e. The molecule has 6 nitrogen and oxygen atoms in total. The lowest BCUT2D eigenvalue weighted by Crippen LogP contribution is -2.46. The highest BCUT2D eigenvalue weighted by molar-refractivity contribution is 5.98. The van der Waals surface area contributed by atoms with Gasteiger partial charge in [0.05, 0.1) is 23.1 Å². The van der Waals surface area contributed by atoms with E-state index in [0.717, 1.165) is 36.5 Å². The highest BCUT2D eigenvalue weighted by Crippen LogP contribution is 2.40. The highest BCUT2D eigenvalue weighted by atomic mass is 19.4. The first-order valence-corrected chi connectivity index (χ1v) is 14.6. The quantitative estimate of drug-likeness (QED) is 0.231. The molecule has 2 fully saturated rings. The fourth-order valence-electron chi connectivity index (χ4n) is 6.36. The minimum absolute atomic E-state index is 0.0102. The summed E-state index contributed by atoms with van der Waals surface area (Å²) in [6.07, 6.45) is -0.175. The van der Waals surface area contributed by atoms with Crippen LogP contribution in [0.1, 0.15) is 77.2 Å². The minimum Gasteiger partial charge on any atom is -0.331 e. The Kier molecular flexibility index (Phi) is 8.66. The summed E-state index contributed by atoms with van der Waals surface area (Å²) in [5.74, 6) is -2.65. The number of nitroso groups, excluding NO2 is 1. The van der Waals surface area contributed by atoms with E-state index in [-0.39, 0.29) is 29.4 Å². The Morgan fingerprint density at radius 3 is 2.26 bits per heavy atom. The first kappa shape index (κ1) is 30.4. The summed E-state index contributed by atoms with van der Waals surface area (Å²) in [6.45, 7) is 3.23. The topological polar surface area (TPSA) is 69.5 Å². The smallest absolute Gasteiger partial charge is 0.331 e. The van der Waals surface area contributed by atoms with Gasteiger partial charge < -0.3 is 10.2 Å². The van der Waals surface area contributed by atoms with Gasteiger partial charge in [-0.05, 0) is 74.4 Å². The maximum absolute atomic E-state index is 14.9. The van der Waals surface area contributed by atoms with Gasteiger partial charge in [-0.15, -0.1) is 0 Å². The van der Waals surface area contributed by atoms with E-state index in [1.807, 2.05) is 0 Å². The van der Waals surface area contributed by atoms with Crippen molar-refractivity contribution in [1.29, 1.82) is 0 Å². The van der Waals surface area contributed by atoms with Crippen LogP contribution in [0.3, 0.4) is 0 Å². The Morgan fingerprint density at radius 1 is 0.907 bits per heavy atom. The van der Waals surface area contributed by atoms with Gasteiger partial charge >= 0.3 is 6.18 Å². The number of carbonyl (C=O) groups is 2. The van der Waals surface area contributed by atoms with Gasteiger partial charge in [0.15, 0.2) is 0 Å². The maximum atomic E-state index is 14.9. The zero-order valence-corrected chi connectivity index (χ0v) is 24.1. The maximum Gasteiger partial charge on any atom is 0.416 e. The third-order valence-electron chi connectivity index (χ3n) is 8.62. The van der Waals surface area contributed by atoms with Crippen LogP contribution in [0.5, 0.6) is 0 Å². The second-order valence-electron chi connectivity index (χ2n) is 11.5. The van der Waals surface area contributed by atoms with Crippen molar-refractivity contribution in [2.24, 2.45) is 5.92 Å². The van der Waals surface area contributed by atoms with E-state index >= 15 is 0 Å². The molecule has 10 heteroatoms. The molecule has 1 saturated heterocycles. The van der Waals surface area contributed by atoms with Crippen LogP contribution in [0.25, 0.3) is 0 Å². The van der Waals surface area contributed by atoms with Crippen LogP contribution in [-0.2, 0) is 11.0 Å². The summed E-state index contributed by atoms with van der Waals surface area (Å²) in [7, 11) is 0. The molecule has 226 valence electrons. The fourth-order valence-corrected chi connectivity index (χ4v) is 6.36. The second kappa shape index (κ2) is 12.3. The Labute approximate surface area is 247 Å². The minimum atomic E-state index is -4.59. The molecule has 3 aromatic rings. The van der Waals surface area contributed by atoms with Gasteiger partial charge in [-0.3, -0.25) is 9.59 Å². The summed E-state index contributed by atoms with van der Waals surface area (Å²) in [5, 5.41) is 2.63. The predicted octanol–water partition coefficient (Wildman–Crippen LogP) is 8.05. The molecular formula is C33H34F4N3O3+. The van der Waals surface area contributed by atoms with Crippen molar-refractivity contribution in [2.75, 3.05) is 11.9 Å². The average Bonchev–Trinajstić information content (AvgIpc) is 3.52. The number of likely N-dealkylation sites (tertiary alicyclic amines) is 1. The van der Waals surface area contributed by atoms with Crippen LogP contribution in [0, 0.1) is 30.5 Å². The van der Waals surface area contributed by atoms with Crippen LogP contribution < -0.4 is 5.32 Å². The number of aryl methyl sites for hydroxylation is 2. The van der Waals surface area contributed by atoms with Crippen LogP contribution in [0.4, 0.5) is 28.9 Å². The lowest BCUT2D eigenvalue weighted by Gasteiger charge is -2.41. The molecule has 43 heavy (non-hydrogen) atoms. The van der Waals surface area contributed by atoms with Crippen molar-refractivity contribution in [1.82, 2.24) is 4.90 Å². The van der Waals surface area contributed by atoms with E-state index in [0.29, 0.717) is 29.7 Å². The number of nitrogens with zero attached hydrogens (tertiary/aromatic N) is 2. The van der Waals surface area contributed by atoms with Gasteiger partial charge in [-0.1, -0.05) is 30.3 Å². The summed E-state index contributed by atoms with van der Waals surface area (Å²) in [4.78, 5) is 42.0. The number of nitrogens with one attached hydrogen (secondary N) is 1. The zero-order chi connectivity index (χ0) is 30.9. The van der Waals surface area contributed by atoms with Crippen molar-refractivity contribution in [3.63, 3.8) is 0 Å². The van der Waals surface area contributed by atoms with E-state index in [2.05, 4.69) is 5.32 Å². The number of amides is 2. The number of benzene rings is 3. The lowest BCUT2D eigenvalue weighted by atomic mass is 9.83. The zero-order valence-electron chi connectivity index (χ0n) is 24.1. The Bertz CT molecular complexity index is 1510. The number of carbonyl (C=O) groups excluding carboxylic acids is 2. The molecular weight excluding hydrogens is 562 g/mol. The number of rotatable bonds is 6. The van der Waals surface area contributed by atoms with Gasteiger partial charge in [0.1, 0.15) is 5.82 Å². The Morgan fingerprint density at radius 2 is 1.60 bits per heavy atom. The summed E-state index contributed by atoms with van der Waals surface area (Å²) in [6, 6.07) is 13.8. The number of piperidine rings is 1. The van der Waals surface area contributed by atoms with Crippen molar-refractivity contribution < 1.29 is 31.9 Å². The first-order valence-electron chi connectivity index (χ1n) is 14.6. The van der Waals surface area contributed by atoms with E-state index in [4.69, 9.17) is 0 Å². The third-order valence-corrected chi connectivity index (χ3v) is 8.62. The summed E-state index contributed by atoms with van der Waals surface area (Å²) < 4.78 is 56.6. The van der Waals surface area contributed by atoms with Crippen molar-refractivity contribution in [2.45, 2.75) is 70.6 Å². The van der Waals surface area contributed by atoms with Crippen molar-refractivity contribution in [3.05, 3.63) is 99.2 Å². The lowest BCUT2D eigenvalue weighted by molar-refractivity contribution is -0.504. The molecule has 0 spiro atoms. The average molecular weight is 597 g/mol. The van der Waals surface area contributed by atoms with Crippen molar-refractivity contribution in [3.8, 4) is 0 Å². The number of alkyl halides is 3. The molecule has 0 unspecified atom stereocenters. The molecule has 1 N–H and O–H groups in total. The van der Waals surface area contributed by atoms with Gasteiger partial charge in [0.2, 0.25) is 11.9 Å². The molecule has 1 heterocycles. The van der Waals surface area contributed by atoms with Crippen LogP contribution in [0.15, 0.2) is 60.7 Å². The van der Waals surface area contributed by atoms with E-state index in [1.165, 1.54) is 36.1 Å². The third kappa shape index (κ3) is 6.33. The molecule has 5 rings (SSSR count). The van der Waals surface area contributed by atoms with Gasteiger partial charge in [-0.25, -0.2) is 4.39 Å². The first-order chi connectivity index (χ1) is 20.5. The number of hydrogen-bond donors (Lipinski definition) is 1. The molecule has 2 atom stereocenters. The molecule has 1 aliphatic carbocycles. The standard InChI is InChI=1S/C33H33F4N3O3/c1-20-12-15-23(19-27(20)33(35,36)37)38-31(41)26-10-6-18-39(32(42)29-21(2)7-5-11-28(29)34)30(26)22-13-16-25(17-14-22)40(43)24-8-3-4-9-24/h5,7,11-17,19,24,26,30H,3-4,6,8-10,18H2,1-2H3/p+1/t26-,30-/m0/s1. The van der Waals surface area contributed by atoms with E-state index < -0.39 is 41.3 Å². The Hall–Kier alpha value is -4.08. The van der Waals surface area contributed by atoms with Crippen molar-refractivity contribution >= 4 is 23.2 Å². The van der Waals surface area contributed by atoms with E-state index in [9.17, 15) is 32.1 Å². The van der Waals surface area contributed by atoms with Crippen LogP contribution >= 0.6 is 0 Å². The highest BCUT2D eigenvalue weighted by Gasteiger charge is 2.41. The van der Waals surface area contributed by atoms with Gasteiger partial charge in [0, 0.05) is 46.9 Å². The monoisotopic (exact) mass is 596 g/mol. The Balaban J connectivity index is 1.50. The molecule has 0 radical (unpaired) electrons. The molecule has 2 aliphatic rings. The molecule has 0 aromatic heterocycles. The number of hydrogen-bond acceptors (Lipinski definition) is 3. The fraction of sp³-hybridized carbons (Fsp3) is 0.394.